The topological polar surface area (TPSA) is 92.6 Å². The van der Waals surface area contributed by atoms with Crippen LogP contribution in [0, 0.1) is 10.1 Å². The number of benzene rings is 2. The third-order valence-corrected chi connectivity index (χ3v) is 5.36. The maximum atomic E-state index is 13.4. The van der Waals surface area contributed by atoms with Crippen LogP contribution in [0.3, 0.4) is 0 Å². The molecular weight excluding hydrogens is 453 g/mol. The monoisotopic (exact) mass is 479 g/mol. The van der Waals surface area contributed by atoms with Gasteiger partial charge in [0, 0.05) is 33.8 Å². The maximum absolute atomic E-state index is 13.4. The molecule has 172 valence electrons. The Balaban J connectivity index is 2.43. The minimum Gasteiger partial charge on any atom is -0.350 e. The molecule has 0 saturated carbocycles. The lowest BCUT2D eigenvalue weighted by atomic mass is 10.0. The molecule has 1 atom stereocenters. The molecule has 0 aliphatic carbocycles. The number of nitro benzene ring substituents is 1. The number of hydrogen-bond donors (Lipinski definition) is 1. The van der Waals surface area contributed by atoms with Crippen LogP contribution in [0.4, 0.5) is 5.69 Å². The Kier molecular flexibility index (Phi) is 8.64. The molecule has 7 nitrogen and oxygen atoms in total. The van der Waals surface area contributed by atoms with Crippen LogP contribution >= 0.6 is 23.2 Å². The highest BCUT2D eigenvalue weighted by Gasteiger charge is 2.32. The van der Waals surface area contributed by atoms with Crippen LogP contribution in [0.5, 0.6) is 0 Å². The first-order chi connectivity index (χ1) is 14.9. The smallest absolute Gasteiger partial charge is 0.273 e. The van der Waals surface area contributed by atoms with Gasteiger partial charge in [-0.2, -0.15) is 0 Å². The number of halogens is 2. The molecule has 0 aliphatic rings. The van der Waals surface area contributed by atoms with E-state index >= 15 is 0 Å². The van der Waals surface area contributed by atoms with Gasteiger partial charge >= 0.3 is 0 Å². The third-order valence-electron chi connectivity index (χ3n) is 4.77. The largest absolute Gasteiger partial charge is 0.350 e. The van der Waals surface area contributed by atoms with Crippen LogP contribution in [-0.4, -0.2) is 33.2 Å². The molecule has 0 bridgehead atoms. The summed E-state index contributed by atoms with van der Waals surface area (Å²) in [7, 11) is 0. The number of amides is 2. The van der Waals surface area contributed by atoms with Gasteiger partial charge < -0.3 is 10.2 Å². The summed E-state index contributed by atoms with van der Waals surface area (Å²) in [6, 6.07) is 10.2. The maximum Gasteiger partial charge on any atom is 0.273 e. The van der Waals surface area contributed by atoms with Crippen LogP contribution in [0.1, 0.15) is 45.2 Å². The molecule has 2 rings (SSSR count). The molecule has 0 spiro atoms. The van der Waals surface area contributed by atoms with E-state index in [2.05, 4.69) is 5.32 Å². The first kappa shape index (κ1) is 25.6. The molecule has 2 aromatic rings. The van der Waals surface area contributed by atoms with Gasteiger partial charge in [0.15, 0.2) is 0 Å². The van der Waals surface area contributed by atoms with Gasteiger partial charge in [-0.05, 0) is 44.9 Å². The predicted molar refractivity (Wildman–Crippen MR) is 126 cm³/mol. The van der Waals surface area contributed by atoms with E-state index in [1.165, 1.54) is 11.0 Å². The highest BCUT2D eigenvalue weighted by atomic mass is 35.5. The third kappa shape index (κ3) is 6.93. The number of carbonyl (C=O) groups is 2. The van der Waals surface area contributed by atoms with E-state index in [-0.39, 0.29) is 30.1 Å². The Labute approximate surface area is 197 Å². The minimum absolute atomic E-state index is 0.0610. The van der Waals surface area contributed by atoms with Gasteiger partial charge in [0.2, 0.25) is 11.8 Å². The number of rotatable bonds is 8. The number of hydrogen-bond acceptors (Lipinski definition) is 4. The predicted octanol–water partition coefficient (Wildman–Crippen LogP) is 5.17. The fraction of sp³-hybridized carbons (Fsp3) is 0.391. The average molecular weight is 480 g/mol. The molecule has 0 saturated heterocycles. The molecule has 0 aromatic heterocycles. The van der Waals surface area contributed by atoms with E-state index in [1.807, 2.05) is 27.7 Å². The lowest BCUT2D eigenvalue weighted by Crippen LogP contribution is -2.53. The zero-order valence-corrected chi connectivity index (χ0v) is 20.0. The Bertz CT molecular complexity index is 1000. The standard InChI is InChI=1S/C23H27Cl2N3O4/c1-5-19(22(30)26-23(2,3)4)27(14-16-10-11-17(24)13-18(16)25)21(29)12-15-8-6-7-9-20(15)28(31)32/h6-11,13,19H,5,12,14H2,1-4H3,(H,26,30)/t19-/m1/s1. The molecule has 0 heterocycles. The molecule has 0 fully saturated rings. The number of nitrogens with zero attached hydrogens (tertiary/aromatic N) is 2. The summed E-state index contributed by atoms with van der Waals surface area (Å²) < 4.78 is 0. The molecule has 2 aromatic carbocycles. The molecular formula is C23H27Cl2N3O4. The minimum atomic E-state index is -0.781. The van der Waals surface area contributed by atoms with Crippen LogP contribution in [-0.2, 0) is 22.6 Å². The molecule has 2 amide bonds. The molecule has 0 aliphatic heterocycles. The van der Waals surface area contributed by atoms with Crippen molar-refractivity contribution >= 4 is 40.7 Å². The zero-order chi connectivity index (χ0) is 24.1. The summed E-state index contributed by atoms with van der Waals surface area (Å²) >= 11 is 12.3. The van der Waals surface area contributed by atoms with Gasteiger partial charge in [-0.3, -0.25) is 19.7 Å². The van der Waals surface area contributed by atoms with Crippen molar-refractivity contribution < 1.29 is 14.5 Å². The SMILES string of the molecule is CC[C@H](C(=O)NC(C)(C)C)N(Cc1ccc(Cl)cc1Cl)C(=O)Cc1ccccc1[N+](=O)[O-]. The number of nitrogens with one attached hydrogen (secondary N) is 1. The van der Waals surface area contributed by atoms with Gasteiger partial charge in [0.1, 0.15) is 6.04 Å². The lowest BCUT2D eigenvalue weighted by molar-refractivity contribution is -0.385. The van der Waals surface area contributed by atoms with Crippen molar-refractivity contribution in [2.75, 3.05) is 0 Å². The highest BCUT2D eigenvalue weighted by molar-refractivity contribution is 6.35. The summed E-state index contributed by atoms with van der Waals surface area (Å²) in [5.74, 6) is -0.720. The van der Waals surface area contributed by atoms with Gasteiger partial charge in [-0.15, -0.1) is 0 Å². The van der Waals surface area contributed by atoms with Gasteiger partial charge in [0.25, 0.3) is 5.69 Å². The second-order valence-corrected chi connectivity index (χ2v) is 9.33. The second-order valence-electron chi connectivity index (χ2n) is 8.48. The Morgan fingerprint density at radius 2 is 1.78 bits per heavy atom. The Morgan fingerprint density at radius 1 is 1.12 bits per heavy atom. The van der Waals surface area contributed by atoms with Gasteiger partial charge in [0.05, 0.1) is 11.3 Å². The molecule has 0 radical (unpaired) electrons. The van der Waals surface area contributed by atoms with Crippen molar-refractivity contribution in [3.05, 3.63) is 73.8 Å². The van der Waals surface area contributed by atoms with Crippen molar-refractivity contribution in [2.45, 2.75) is 58.7 Å². The Morgan fingerprint density at radius 3 is 2.34 bits per heavy atom. The van der Waals surface area contributed by atoms with E-state index in [4.69, 9.17) is 23.2 Å². The second kappa shape index (κ2) is 10.8. The summed E-state index contributed by atoms with van der Waals surface area (Å²) in [5, 5.41) is 15.1. The highest BCUT2D eigenvalue weighted by Crippen LogP contribution is 2.25. The summed E-state index contributed by atoms with van der Waals surface area (Å²) in [5.41, 5.74) is 0.266. The number of para-hydroxylation sites is 1. The van der Waals surface area contributed by atoms with E-state index in [0.717, 1.165) is 0 Å². The van der Waals surface area contributed by atoms with E-state index in [9.17, 15) is 19.7 Å². The van der Waals surface area contributed by atoms with Crippen LogP contribution in [0.25, 0.3) is 0 Å². The van der Waals surface area contributed by atoms with E-state index < -0.39 is 22.4 Å². The van der Waals surface area contributed by atoms with Crippen molar-refractivity contribution in [1.29, 1.82) is 0 Å². The molecule has 0 unspecified atom stereocenters. The zero-order valence-electron chi connectivity index (χ0n) is 18.5. The fourth-order valence-electron chi connectivity index (χ4n) is 3.31. The quantitative estimate of drug-likeness (QED) is 0.417. The van der Waals surface area contributed by atoms with Crippen LogP contribution < -0.4 is 5.32 Å². The van der Waals surface area contributed by atoms with E-state index in [1.54, 1.807) is 36.4 Å². The van der Waals surface area contributed by atoms with Crippen LogP contribution in [0.15, 0.2) is 42.5 Å². The lowest BCUT2D eigenvalue weighted by Gasteiger charge is -2.33. The molecule has 9 heteroatoms. The normalized spacial score (nSPS) is 12.2. The average Bonchev–Trinajstić information content (AvgIpc) is 2.68. The van der Waals surface area contributed by atoms with Crippen molar-refractivity contribution in [3.8, 4) is 0 Å². The van der Waals surface area contributed by atoms with Crippen molar-refractivity contribution in [3.63, 3.8) is 0 Å². The summed E-state index contributed by atoms with van der Waals surface area (Å²) in [4.78, 5) is 38.7. The number of nitro groups is 1. The van der Waals surface area contributed by atoms with E-state index in [0.29, 0.717) is 22.0 Å². The fourth-order valence-corrected chi connectivity index (χ4v) is 3.78. The molecule has 1 N–H and O–H groups in total. The first-order valence-corrected chi connectivity index (χ1v) is 11.0. The summed E-state index contributed by atoms with van der Waals surface area (Å²) in [6.07, 6.45) is 0.136. The first-order valence-electron chi connectivity index (χ1n) is 10.2. The van der Waals surface area contributed by atoms with Crippen LogP contribution in [0.2, 0.25) is 10.0 Å². The molecule has 32 heavy (non-hydrogen) atoms. The van der Waals surface area contributed by atoms with Gasteiger partial charge in [-0.25, -0.2) is 0 Å². The summed E-state index contributed by atoms with van der Waals surface area (Å²) in [6.45, 7) is 7.43. The number of carbonyl (C=O) groups excluding carboxylic acids is 2. The Hall–Kier alpha value is -2.64. The van der Waals surface area contributed by atoms with Gasteiger partial charge in [-0.1, -0.05) is 54.4 Å². The van der Waals surface area contributed by atoms with Crippen molar-refractivity contribution in [2.24, 2.45) is 0 Å². The van der Waals surface area contributed by atoms with Crippen molar-refractivity contribution in [1.82, 2.24) is 10.2 Å².